The molecule has 1 aromatic heterocycles. The summed E-state index contributed by atoms with van der Waals surface area (Å²) in [5.41, 5.74) is 2.33. The van der Waals surface area contributed by atoms with Crippen LogP contribution in [0.3, 0.4) is 0 Å². The Kier molecular flexibility index (Phi) is 5.53. The molecule has 1 unspecified atom stereocenters. The highest BCUT2D eigenvalue weighted by molar-refractivity contribution is 7.13. The van der Waals surface area contributed by atoms with Gasteiger partial charge in [-0.25, -0.2) is 4.98 Å². The Bertz CT molecular complexity index is 893. The fourth-order valence-electron chi connectivity index (χ4n) is 2.58. The van der Waals surface area contributed by atoms with Crippen molar-refractivity contribution in [2.75, 3.05) is 14.2 Å². The molecule has 0 spiro atoms. The van der Waals surface area contributed by atoms with Gasteiger partial charge in [0.05, 0.1) is 20.3 Å². The lowest BCUT2D eigenvalue weighted by Crippen LogP contribution is -2.26. The van der Waals surface area contributed by atoms with E-state index in [0.717, 1.165) is 16.1 Å². The highest BCUT2D eigenvalue weighted by atomic mass is 32.1. The van der Waals surface area contributed by atoms with E-state index in [1.807, 2.05) is 55.5 Å². The summed E-state index contributed by atoms with van der Waals surface area (Å²) in [6.07, 6.45) is 0. The normalized spacial score (nSPS) is 11.7. The third-order valence-corrected chi connectivity index (χ3v) is 4.91. The molecule has 0 bridgehead atoms. The molecule has 1 N–H and O–H groups in total. The highest BCUT2D eigenvalue weighted by Crippen LogP contribution is 2.33. The first-order valence-electron chi connectivity index (χ1n) is 8.16. The van der Waals surface area contributed by atoms with Gasteiger partial charge >= 0.3 is 0 Å². The van der Waals surface area contributed by atoms with Crippen LogP contribution in [0, 0.1) is 0 Å². The summed E-state index contributed by atoms with van der Waals surface area (Å²) in [4.78, 5) is 17.0. The maximum absolute atomic E-state index is 12.5. The van der Waals surface area contributed by atoms with Gasteiger partial charge in [0, 0.05) is 10.9 Å². The summed E-state index contributed by atoms with van der Waals surface area (Å²) in [6.45, 7) is 1.95. The van der Waals surface area contributed by atoms with Crippen molar-refractivity contribution in [3.8, 4) is 22.1 Å². The van der Waals surface area contributed by atoms with Crippen molar-refractivity contribution < 1.29 is 14.3 Å². The van der Waals surface area contributed by atoms with E-state index in [0.29, 0.717) is 17.2 Å². The Morgan fingerprint density at radius 3 is 2.50 bits per heavy atom. The minimum atomic E-state index is -0.190. The second-order valence-electron chi connectivity index (χ2n) is 5.71. The van der Waals surface area contributed by atoms with Gasteiger partial charge in [0.15, 0.2) is 11.5 Å². The Labute approximate surface area is 156 Å². The van der Waals surface area contributed by atoms with Gasteiger partial charge in [0.25, 0.3) is 5.91 Å². The number of nitrogens with zero attached hydrogens (tertiary/aromatic N) is 1. The number of carbonyl (C=O) groups is 1. The topological polar surface area (TPSA) is 60.5 Å². The van der Waals surface area contributed by atoms with Crippen LogP contribution in [0.5, 0.6) is 11.5 Å². The smallest absolute Gasteiger partial charge is 0.271 e. The molecule has 0 saturated carbocycles. The van der Waals surface area contributed by atoms with Gasteiger partial charge in [-0.15, -0.1) is 11.3 Å². The van der Waals surface area contributed by atoms with E-state index in [1.165, 1.54) is 11.3 Å². The molecule has 3 aromatic rings. The van der Waals surface area contributed by atoms with Gasteiger partial charge in [-0.3, -0.25) is 4.79 Å². The van der Waals surface area contributed by atoms with E-state index >= 15 is 0 Å². The number of methoxy groups -OCH3 is 2. The molecule has 134 valence electrons. The van der Waals surface area contributed by atoms with Crippen LogP contribution in [-0.4, -0.2) is 25.1 Å². The molecule has 1 heterocycles. The minimum absolute atomic E-state index is 0.0880. The largest absolute Gasteiger partial charge is 0.493 e. The van der Waals surface area contributed by atoms with Crippen molar-refractivity contribution in [2.24, 2.45) is 0 Å². The number of rotatable bonds is 6. The fourth-order valence-corrected chi connectivity index (χ4v) is 3.37. The van der Waals surface area contributed by atoms with Crippen molar-refractivity contribution in [2.45, 2.75) is 13.0 Å². The molecule has 0 aliphatic heterocycles. The van der Waals surface area contributed by atoms with Crippen LogP contribution >= 0.6 is 11.3 Å². The van der Waals surface area contributed by atoms with Crippen LogP contribution in [0.15, 0.2) is 53.9 Å². The second kappa shape index (κ2) is 8.01. The zero-order chi connectivity index (χ0) is 18.5. The molecule has 1 amide bonds. The summed E-state index contributed by atoms with van der Waals surface area (Å²) in [5, 5.41) is 5.49. The minimum Gasteiger partial charge on any atom is -0.493 e. The second-order valence-corrected chi connectivity index (χ2v) is 6.57. The first-order chi connectivity index (χ1) is 12.6. The van der Waals surface area contributed by atoms with E-state index in [9.17, 15) is 4.79 Å². The number of thiazole rings is 1. The molecule has 6 heteroatoms. The van der Waals surface area contributed by atoms with Crippen LogP contribution in [-0.2, 0) is 0 Å². The monoisotopic (exact) mass is 368 g/mol. The molecule has 0 radical (unpaired) electrons. The first kappa shape index (κ1) is 17.9. The molecule has 2 aromatic carbocycles. The van der Waals surface area contributed by atoms with Gasteiger partial charge in [-0.1, -0.05) is 30.3 Å². The Morgan fingerprint density at radius 1 is 1.08 bits per heavy atom. The maximum Gasteiger partial charge on any atom is 0.271 e. The Morgan fingerprint density at radius 2 is 1.81 bits per heavy atom. The molecular weight excluding hydrogens is 348 g/mol. The zero-order valence-corrected chi connectivity index (χ0v) is 15.7. The lowest BCUT2D eigenvalue weighted by atomic mass is 10.1. The molecule has 0 fully saturated rings. The molecule has 0 aliphatic carbocycles. The van der Waals surface area contributed by atoms with Gasteiger partial charge in [0.2, 0.25) is 0 Å². The number of benzene rings is 2. The van der Waals surface area contributed by atoms with Crippen LogP contribution < -0.4 is 14.8 Å². The Hall–Kier alpha value is -2.86. The number of amides is 1. The quantitative estimate of drug-likeness (QED) is 0.704. The SMILES string of the molecule is COc1ccc(-c2nc(C(=O)NC(C)c3ccccc3)cs2)cc1OC. The Balaban J connectivity index is 1.76. The lowest BCUT2D eigenvalue weighted by Gasteiger charge is -2.13. The third kappa shape index (κ3) is 3.86. The lowest BCUT2D eigenvalue weighted by molar-refractivity contribution is 0.0935. The summed E-state index contributed by atoms with van der Waals surface area (Å²) < 4.78 is 10.6. The van der Waals surface area contributed by atoms with Gasteiger partial charge < -0.3 is 14.8 Å². The van der Waals surface area contributed by atoms with Crippen LogP contribution in [0.2, 0.25) is 0 Å². The standard InChI is InChI=1S/C20H20N2O3S/c1-13(14-7-5-4-6-8-14)21-19(23)16-12-26-20(22-16)15-9-10-17(24-2)18(11-15)25-3/h4-13H,1-3H3,(H,21,23). The molecule has 3 rings (SSSR count). The number of hydrogen-bond acceptors (Lipinski definition) is 5. The highest BCUT2D eigenvalue weighted by Gasteiger charge is 2.16. The fraction of sp³-hybridized carbons (Fsp3) is 0.200. The van der Waals surface area contributed by atoms with Crippen molar-refractivity contribution in [3.05, 3.63) is 65.2 Å². The van der Waals surface area contributed by atoms with Crippen molar-refractivity contribution >= 4 is 17.2 Å². The number of carbonyl (C=O) groups excluding carboxylic acids is 1. The zero-order valence-electron chi connectivity index (χ0n) is 14.9. The predicted molar refractivity (Wildman–Crippen MR) is 103 cm³/mol. The molecule has 26 heavy (non-hydrogen) atoms. The molecular formula is C20H20N2O3S. The average Bonchev–Trinajstić information content (AvgIpc) is 3.18. The average molecular weight is 368 g/mol. The van der Waals surface area contributed by atoms with E-state index in [4.69, 9.17) is 9.47 Å². The predicted octanol–water partition coefficient (Wildman–Crippen LogP) is 4.32. The van der Waals surface area contributed by atoms with Gasteiger partial charge in [0.1, 0.15) is 10.7 Å². The van der Waals surface area contributed by atoms with Crippen LogP contribution in [0.4, 0.5) is 0 Å². The van der Waals surface area contributed by atoms with E-state index in [-0.39, 0.29) is 11.9 Å². The third-order valence-electron chi connectivity index (χ3n) is 4.01. The van der Waals surface area contributed by atoms with E-state index < -0.39 is 0 Å². The first-order valence-corrected chi connectivity index (χ1v) is 9.04. The maximum atomic E-state index is 12.5. The number of aromatic nitrogens is 1. The molecule has 5 nitrogen and oxygen atoms in total. The summed E-state index contributed by atoms with van der Waals surface area (Å²) in [5.74, 6) is 1.09. The van der Waals surface area contributed by atoms with E-state index in [2.05, 4.69) is 10.3 Å². The van der Waals surface area contributed by atoms with E-state index in [1.54, 1.807) is 19.6 Å². The van der Waals surface area contributed by atoms with Gasteiger partial charge in [-0.2, -0.15) is 0 Å². The number of hydrogen-bond donors (Lipinski definition) is 1. The van der Waals surface area contributed by atoms with Crippen molar-refractivity contribution in [1.29, 1.82) is 0 Å². The summed E-state index contributed by atoms with van der Waals surface area (Å²) in [7, 11) is 3.19. The van der Waals surface area contributed by atoms with Gasteiger partial charge in [-0.05, 0) is 30.7 Å². The summed E-state index contributed by atoms with van der Waals surface area (Å²) in [6, 6.07) is 15.3. The van der Waals surface area contributed by atoms with Crippen LogP contribution in [0.25, 0.3) is 10.6 Å². The molecule has 0 aliphatic rings. The van der Waals surface area contributed by atoms with Crippen molar-refractivity contribution in [1.82, 2.24) is 10.3 Å². The molecule has 0 saturated heterocycles. The summed E-state index contributed by atoms with van der Waals surface area (Å²) >= 11 is 1.42. The van der Waals surface area contributed by atoms with Crippen molar-refractivity contribution in [3.63, 3.8) is 0 Å². The van der Waals surface area contributed by atoms with Crippen LogP contribution in [0.1, 0.15) is 29.0 Å². The number of nitrogens with one attached hydrogen (secondary N) is 1. The number of ether oxygens (including phenoxy) is 2. The molecule has 1 atom stereocenters.